The first-order valence-corrected chi connectivity index (χ1v) is 11.6. The van der Waals surface area contributed by atoms with E-state index in [9.17, 15) is 22.9 Å². The van der Waals surface area contributed by atoms with Crippen molar-refractivity contribution < 1.29 is 22.9 Å². The van der Waals surface area contributed by atoms with Crippen LogP contribution in [0.3, 0.4) is 0 Å². The van der Waals surface area contributed by atoms with Gasteiger partial charge in [0.1, 0.15) is 5.88 Å². The fourth-order valence-corrected chi connectivity index (χ4v) is 5.19. The van der Waals surface area contributed by atoms with Gasteiger partial charge in [-0.05, 0) is 36.0 Å². The maximum Gasteiger partial charge on any atom is 0.310 e. The summed E-state index contributed by atoms with van der Waals surface area (Å²) in [5.41, 5.74) is 2.85. The van der Waals surface area contributed by atoms with Crippen molar-refractivity contribution in [2.24, 2.45) is 5.92 Å². The number of carboxylic acid groups (broad SMARTS) is 1. The fraction of sp³-hybridized carbons (Fsp3) is 0.650. The van der Waals surface area contributed by atoms with E-state index in [4.69, 9.17) is 0 Å². The van der Waals surface area contributed by atoms with Crippen LogP contribution in [0, 0.1) is 5.92 Å². The second-order valence-electron chi connectivity index (χ2n) is 8.12. The summed E-state index contributed by atoms with van der Waals surface area (Å²) >= 11 is 0. The van der Waals surface area contributed by atoms with Crippen molar-refractivity contribution in [2.45, 2.75) is 51.0 Å². The summed E-state index contributed by atoms with van der Waals surface area (Å²) in [6, 6.07) is 5.61. The SMILES string of the molecule is C[C@H](C(=O)O)c1ccc(CC2CCCC2)c(C2CNCCN2CS(=O)(=O)O)c1. The molecule has 0 bridgehead atoms. The number of carbonyl (C=O) groups is 1. The molecule has 1 saturated heterocycles. The molecule has 2 atom stereocenters. The van der Waals surface area contributed by atoms with Gasteiger partial charge in [-0.25, -0.2) is 0 Å². The Kier molecular flexibility index (Phi) is 6.75. The van der Waals surface area contributed by atoms with Gasteiger partial charge in [-0.3, -0.25) is 14.2 Å². The molecule has 0 aromatic heterocycles. The molecule has 8 heteroatoms. The van der Waals surface area contributed by atoms with Crippen LogP contribution < -0.4 is 5.32 Å². The van der Waals surface area contributed by atoms with Crippen molar-refractivity contribution in [1.29, 1.82) is 0 Å². The van der Waals surface area contributed by atoms with E-state index in [0.717, 1.165) is 23.1 Å². The van der Waals surface area contributed by atoms with Gasteiger partial charge < -0.3 is 10.4 Å². The van der Waals surface area contributed by atoms with E-state index in [2.05, 4.69) is 5.32 Å². The molecule has 7 nitrogen and oxygen atoms in total. The molecule has 1 unspecified atom stereocenters. The highest BCUT2D eigenvalue weighted by atomic mass is 32.2. The second-order valence-corrected chi connectivity index (χ2v) is 9.54. The molecule has 0 spiro atoms. The molecule has 1 aliphatic heterocycles. The Morgan fingerprint density at radius 1 is 1.32 bits per heavy atom. The average molecular weight is 411 g/mol. The van der Waals surface area contributed by atoms with Crippen LogP contribution in [-0.4, -0.2) is 54.5 Å². The van der Waals surface area contributed by atoms with Gasteiger partial charge >= 0.3 is 5.97 Å². The molecular weight excluding hydrogens is 380 g/mol. The summed E-state index contributed by atoms with van der Waals surface area (Å²) in [5, 5.41) is 12.7. The Hall–Kier alpha value is -1.48. The Morgan fingerprint density at radius 2 is 2.04 bits per heavy atom. The summed E-state index contributed by atoms with van der Waals surface area (Å²) in [4.78, 5) is 13.2. The maximum absolute atomic E-state index is 11.5. The summed E-state index contributed by atoms with van der Waals surface area (Å²) in [6.45, 7) is 3.38. The molecule has 3 rings (SSSR count). The number of hydrogen-bond donors (Lipinski definition) is 3. The monoisotopic (exact) mass is 410 g/mol. The summed E-state index contributed by atoms with van der Waals surface area (Å²) in [7, 11) is -4.14. The van der Waals surface area contributed by atoms with Gasteiger partial charge in [0.15, 0.2) is 0 Å². The first-order chi connectivity index (χ1) is 13.2. The zero-order chi connectivity index (χ0) is 20.3. The van der Waals surface area contributed by atoms with Crippen LogP contribution in [0.4, 0.5) is 0 Å². The minimum atomic E-state index is -4.14. The molecule has 156 valence electrons. The number of piperazine rings is 1. The highest BCUT2D eigenvalue weighted by Gasteiger charge is 2.30. The zero-order valence-electron chi connectivity index (χ0n) is 16.3. The van der Waals surface area contributed by atoms with Gasteiger partial charge in [0, 0.05) is 25.7 Å². The molecule has 1 heterocycles. The fourth-order valence-electron chi connectivity index (χ4n) is 4.46. The number of nitrogens with one attached hydrogen (secondary N) is 1. The van der Waals surface area contributed by atoms with Crippen LogP contribution in [0.5, 0.6) is 0 Å². The molecule has 2 fully saturated rings. The molecule has 1 aromatic carbocycles. The maximum atomic E-state index is 11.5. The Bertz CT molecular complexity index is 805. The average Bonchev–Trinajstić information content (AvgIpc) is 3.14. The molecule has 28 heavy (non-hydrogen) atoms. The lowest BCUT2D eigenvalue weighted by atomic mass is 9.87. The van der Waals surface area contributed by atoms with Crippen LogP contribution >= 0.6 is 0 Å². The number of carboxylic acids is 1. The first kappa shape index (κ1) is 21.2. The molecule has 0 radical (unpaired) electrons. The van der Waals surface area contributed by atoms with E-state index in [1.807, 2.05) is 18.2 Å². The zero-order valence-corrected chi connectivity index (χ0v) is 17.1. The van der Waals surface area contributed by atoms with Crippen molar-refractivity contribution in [3.63, 3.8) is 0 Å². The molecule has 1 aromatic rings. The lowest BCUT2D eigenvalue weighted by Crippen LogP contribution is -2.48. The lowest BCUT2D eigenvalue weighted by Gasteiger charge is -2.37. The Balaban J connectivity index is 1.97. The van der Waals surface area contributed by atoms with Crippen LogP contribution in [-0.2, 0) is 21.3 Å². The number of benzene rings is 1. The highest BCUT2D eigenvalue weighted by molar-refractivity contribution is 7.85. The normalized spacial score (nSPS) is 23.0. The van der Waals surface area contributed by atoms with Crippen molar-refractivity contribution >= 4 is 16.1 Å². The van der Waals surface area contributed by atoms with Crippen LogP contribution in [0.15, 0.2) is 18.2 Å². The van der Waals surface area contributed by atoms with E-state index in [-0.39, 0.29) is 6.04 Å². The van der Waals surface area contributed by atoms with Gasteiger partial charge in [0.25, 0.3) is 10.1 Å². The third kappa shape index (κ3) is 5.31. The van der Waals surface area contributed by atoms with Gasteiger partial charge in [0.2, 0.25) is 0 Å². The van der Waals surface area contributed by atoms with Crippen molar-refractivity contribution in [3.05, 3.63) is 34.9 Å². The van der Waals surface area contributed by atoms with Crippen LogP contribution in [0.25, 0.3) is 0 Å². The van der Waals surface area contributed by atoms with Crippen molar-refractivity contribution in [2.75, 3.05) is 25.5 Å². The predicted molar refractivity (Wildman–Crippen MR) is 107 cm³/mol. The Morgan fingerprint density at radius 3 is 2.68 bits per heavy atom. The molecule has 3 N–H and O–H groups in total. The summed E-state index contributed by atoms with van der Waals surface area (Å²) in [5.74, 6) is -1.31. The highest BCUT2D eigenvalue weighted by Crippen LogP contribution is 2.34. The number of nitrogens with zero attached hydrogens (tertiary/aromatic N) is 1. The summed E-state index contributed by atoms with van der Waals surface area (Å²) < 4.78 is 32.4. The van der Waals surface area contributed by atoms with Gasteiger partial charge in [-0.15, -0.1) is 0 Å². The first-order valence-electron chi connectivity index (χ1n) is 10.00. The van der Waals surface area contributed by atoms with E-state index in [1.165, 1.54) is 25.7 Å². The van der Waals surface area contributed by atoms with Crippen molar-refractivity contribution in [3.8, 4) is 0 Å². The molecule has 1 saturated carbocycles. The number of hydrogen-bond acceptors (Lipinski definition) is 5. The van der Waals surface area contributed by atoms with Gasteiger partial charge in [0.05, 0.1) is 5.92 Å². The largest absolute Gasteiger partial charge is 0.481 e. The smallest absolute Gasteiger partial charge is 0.310 e. The number of rotatable bonds is 7. The second kappa shape index (κ2) is 8.90. The predicted octanol–water partition coefficient (Wildman–Crippen LogP) is 2.40. The number of aliphatic carboxylic acids is 1. The van der Waals surface area contributed by atoms with Crippen LogP contribution in [0.2, 0.25) is 0 Å². The van der Waals surface area contributed by atoms with E-state index in [1.54, 1.807) is 11.8 Å². The molecule has 0 amide bonds. The summed E-state index contributed by atoms with van der Waals surface area (Å²) in [6.07, 6.45) is 5.81. The molecule has 1 aliphatic carbocycles. The minimum absolute atomic E-state index is 0.215. The van der Waals surface area contributed by atoms with E-state index >= 15 is 0 Å². The molecule has 2 aliphatic rings. The van der Waals surface area contributed by atoms with Crippen molar-refractivity contribution in [1.82, 2.24) is 10.2 Å². The third-order valence-corrected chi connectivity index (χ3v) is 6.72. The quantitative estimate of drug-likeness (QED) is 0.593. The molecular formula is C20H30N2O5S. The van der Waals surface area contributed by atoms with Gasteiger partial charge in [-0.1, -0.05) is 43.9 Å². The lowest BCUT2D eigenvalue weighted by molar-refractivity contribution is -0.138. The minimum Gasteiger partial charge on any atom is -0.481 e. The van der Waals surface area contributed by atoms with E-state index < -0.39 is 27.9 Å². The van der Waals surface area contributed by atoms with E-state index in [0.29, 0.717) is 25.6 Å². The third-order valence-electron chi connectivity index (χ3n) is 6.07. The standard InChI is InChI=1S/C20H30N2O5S/c1-14(20(23)24)16-6-7-17(10-15-4-2-3-5-15)18(11-16)19-12-21-8-9-22(19)13-28(25,26)27/h6-7,11,14-15,19,21H,2-5,8-10,12-13H2,1H3,(H,23,24)(H,25,26,27)/t14-,19?/m0/s1. The van der Waals surface area contributed by atoms with Crippen LogP contribution in [0.1, 0.15) is 61.3 Å². The Labute approximate surface area is 166 Å². The van der Waals surface area contributed by atoms with Gasteiger partial charge in [-0.2, -0.15) is 8.42 Å². The topological polar surface area (TPSA) is 107 Å².